The van der Waals surface area contributed by atoms with Crippen molar-refractivity contribution < 1.29 is 19.2 Å². The van der Waals surface area contributed by atoms with Crippen LogP contribution in [0, 0.1) is 10.1 Å². The minimum absolute atomic E-state index is 0.0815. The van der Waals surface area contributed by atoms with Crippen molar-refractivity contribution in [3.63, 3.8) is 0 Å². The van der Waals surface area contributed by atoms with Crippen molar-refractivity contribution >= 4 is 17.6 Å². The number of carbonyl (C=O) groups excluding carboxylic acids is 1. The van der Waals surface area contributed by atoms with Gasteiger partial charge in [-0.1, -0.05) is 12.1 Å². The third-order valence-corrected chi connectivity index (χ3v) is 3.89. The Morgan fingerprint density at radius 1 is 1.42 bits per heavy atom. The highest BCUT2D eigenvalue weighted by Gasteiger charge is 2.38. The van der Waals surface area contributed by atoms with Gasteiger partial charge in [0, 0.05) is 13.2 Å². The van der Waals surface area contributed by atoms with Gasteiger partial charge in [0.1, 0.15) is 12.4 Å². The quantitative estimate of drug-likeness (QED) is 0.469. The summed E-state index contributed by atoms with van der Waals surface area (Å²) in [5.41, 5.74) is 0.803. The molecule has 0 bridgehead atoms. The molecule has 26 heavy (non-hydrogen) atoms. The number of benzene rings is 1. The Kier molecular flexibility index (Phi) is 4.94. The number of esters is 1. The Labute approximate surface area is 148 Å². The molecule has 2 aromatic rings. The van der Waals surface area contributed by atoms with Crippen LogP contribution in [0.15, 0.2) is 41.9 Å². The molecule has 10 heteroatoms. The van der Waals surface area contributed by atoms with Crippen LogP contribution in [0.1, 0.15) is 18.5 Å². The number of carbonyl (C=O) groups is 1. The zero-order chi connectivity index (χ0) is 18.7. The number of ether oxygens (including phenoxy) is 2. The number of para-hydroxylation sites is 1. The Balaban J connectivity index is 2.25. The molecular formula is C16H17N5O5. The first kappa shape index (κ1) is 17.5. The maximum atomic E-state index is 12.7. The summed E-state index contributed by atoms with van der Waals surface area (Å²) in [5, 5.41) is 18.6. The molecule has 1 aliphatic heterocycles. The van der Waals surface area contributed by atoms with Crippen molar-refractivity contribution in [2.45, 2.75) is 13.0 Å². The predicted molar refractivity (Wildman–Crippen MR) is 90.4 cm³/mol. The molecule has 2 heterocycles. The largest absolute Gasteiger partial charge is 0.463 e. The van der Waals surface area contributed by atoms with Crippen LogP contribution in [0.2, 0.25) is 0 Å². The highest BCUT2D eigenvalue weighted by atomic mass is 16.6. The van der Waals surface area contributed by atoms with Gasteiger partial charge in [-0.15, -0.1) is 0 Å². The molecule has 1 aromatic heterocycles. The lowest BCUT2D eigenvalue weighted by atomic mass is 9.94. The van der Waals surface area contributed by atoms with Crippen molar-refractivity contribution in [3.05, 3.63) is 57.5 Å². The lowest BCUT2D eigenvalue weighted by Gasteiger charge is -2.28. The number of fused-ring (bicyclic) bond motifs is 1. The Morgan fingerprint density at radius 3 is 2.88 bits per heavy atom. The minimum Gasteiger partial charge on any atom is -0.463 e. The van der Waals surface area contributed by atoms with E-state index in [0.717, 1.165) is 0 Å². The number of nitro benzene ring substituents is 1. The molecule has 0 saturated heterocycles. The number of nitrogens with zero attached hydrogens (tertiary/aromatic N) is 4. The van der Waals surface area contributed by atoms with Crippen molar-refractivity contribution in [1.82, 2.24) is 14.8 Å². The Morgan fingerprint density at radius 2 is 2.19 bits per heavy atom. The van der Waals surface area contributed by atoms with E-state index in [1.807, 2.05) is 0 Å². The molecule has 1 unspecified atom stereocenters. The second-order valence-electron chi connectivity index (χ2n) is 5.42. The molecule has 0 amide bonds. The molecule has 3 rings (SSSR count). The summed E-state index contributed by atoms with van der Waals surface area (Å²) >= 11 is 0. The van der Waals surface area contributed by atoms with Gasteiger partial charge in [0.15, 0.2) is 0 Å². The predicted octanol–water partition coefficient (Wildman–Crippen LogP) is 1.66. The fourth-order valence-electron chi connectivity index (χ4n) is 2.89. The SMILES string of the molecule is CCOC(=O)C1=C(COC)Nc2ncnn2C1c1ccccc1[N+](=O)[O-]. The van der Waals surface area contributed by atoms with E-state index in [1.165, 1.54) is 24.2 Å². The van der Waals surface area contributed by atoms with Gasteiger partial charge in [-0.3, -0.25) is 10.1 Å². The smallest absolute Gasteiger partial charge is 0.338 e. The van der Waals surface area contributed by atoms with Crippen molar-refractivity contribution in [2.75, 3.05) is 25.6 Å². The molecule has 10 nitrogen and oxygen atoms in total. The van der Waals surface area contributed by atoms with E-state index < -0.39 is 16.9 Å². The monoisotopic (exact) mass is 359 g/mol. The average Bonchev–Trinajstić information content (AvgIpc) is 3.09. The molecule has 1 aliphatic rings. The van der Waals surface area contributed by atoms with Gasteiger partial charge in [0.25, 0.3) is 5.69 Å². The summed E-state index contributed by atoms with van der Waals surface area (Å²) < 4.78 is 11.8. The van der Waals surface area contributed by atoms with Crippen LogP contribution in [0.5, 0.6) is 0 Å². The first-order chi connectivity index (χ1) is 12.6. The number of hydrogen-bond acceptors (Lipinski definition) is 8. The molecule has 0 radical (unpaired) electrons. The molecule has 1 aromatic carbocycles. The third-order valence-electron chi connectivity index (χ3n) is 3.89. The molecule has 1 N–H and O–H groups in total. The number of rotatable bonds is 6. The topological polar surface area (TPSA) is 121 Å². The fraction of sp³-hybridized carbons (Fsp3) is 0.312. The van der Waals surface area contributed by atoms with Crippen LogP contribution < -0.4 is 5.32 Å². The van der Waals surface area contributed by atoms with Crippen LogP contribution in [0.25, 0.3) is 0 Å². The van der Waals surface area contributed by atoms with Crippen LogP contribution in [0.3, 0.4) is 0 Å². The van der Waals surface area contributed by atoms with Gasteiger partial charge < -0.3 is 14.8 Å². The second-order valence-corrected chi connectivity index (χ2v) is 5.42. The van der Waals surface area contributed by atoms with Crippen LogP contribution >= 0.6 is 0 Å². The Bertz CT molecular complexity index is 875. The lowest BCUT2D eigenvalue weighted by molar-refractivity contribution is -0.385. The maximum absolute atomic E-state index is 12.7. The molecule has 0 fully saturated rings. The summed E-state index contributed by atoms with van der Waals surface area (Å²) in [7, 11) is 1.48. The van der Waals surface area contributed by atoms with Crippen molar-refractivity contribution in [1.29, 1.82) is 0 Å². The van der Waals surface area contributed by atoms with Crippen LogP contribution in [-0.2, 0) is 14.3 Å². The molecule has 1 atom stereocenters. The second kappa shape index (κ2) is 7.31. The minimum atomic E-state index is -0.862. The van der Waals surface area contributed by atoms with E-state index >= 15 is 0 Å². The van der Waals surface area contributed by atoms with E-state index in [4.69, 9.17) is 9.47 Å². The zero-order valence-corrected chi connectivity index (χ0v) is 14.2. The lowest BCUT2D eigenvalue weighted by Crippen LogP contribution is -2.32. The summed E-state index contributed by atoms with van der Waals surface area (Å²) in [4.78, 5) is 27.8. The van der Waals surface area contributed by atoms with E-state index in [2.05, 4.69) is 15.4 Å². The number of nitro groups is 1. The van der Waals surface area contributed by atoms with E-state index in [9.17, 15) is 14.9 Å². The molecule has 136 valence electrons. The highest BCUT2D eigenvalue weighted by Crippen LogP contribution is 2.39. The zero-order valence-electron chi connectivity index (χ0n) is 14.2. The standard InChI is InChI=1S/C16H17N5O5/c1-3-26-15(22)13-11(8-25-2)19-16-17-9-18-20(16)14(13)10-6-4-5-7-12(10)21(23)24/h4-7,9,14H,3,8H2,1-2H3,(H,17,18,19). The molecule has 0 aliphatic carbocycles. The van der Waals surface area contributed by atoms with Gasteiger partial charge in [-0.2, -0.15) is 10.1 Å². The fourth-order valence-corrected chi connectivity index (χ4v) is 2.89. The average molecular weight is 359 g/mol. The molecule has 0 saturated carbocycles. The number of nitrogens with one attached hydrogen (secondary N) is 1. The number of methoxy groups -OCH3 is 1. The summed E-state index contributed by atoms with van der Waals surface area (Å²) in [6, 6.07) is 5.34. The maximum Gasteiger partial charge on any atom is 0.338 e. The van der Waals surface area contributed by atoms with E-state index in [1.54, 1.807) is 25.1 Å². The van der Waals surface area contributed by atoms with Crippen molar-refractivity contribution in [2.24, 2.45) is 0 Å². The van der Waals surface area contributed by atoms with Gasteiger partial charge >= 0.3 is 5.97 Å². The van der Waals surface area contributed by atoms with Gasteiger partial charge in [-0.25, -0.2) is 9.48 Å². The summed E-state index contributed by atoms with van der Waals surface area (Å²) in [6.45, 7) is 1.93. The highest BCUT2D eigenvalue weighted by molar-refractivity contribution is 5.92. The number of aromatic nitrogens is 3. The van der Waals surface area contributed by atoms with Crippen LogP contribution in [-0.4, -0.2) is 46.0 Å². The Hall–Kier alpha value is -3.27. The summed E-state index contributed by atoms with van der Waals surface area (Å²) in [6.07, 6.45) is 1.31. The van der Waals surface area contributed by atoms with Crippen molar-refractivity contribution in [3.8, 4) is 0 Å². The van der Waals surface area contributed by atoms with E-state index in [-0.39, 0.29) is 24.5 Å². The van der Waals surface area contributed by atoms with E-state index in [0.29, 0.717) is 17.2 Å². The van der Waals surface area contributed by atoms with Gasteiger partial charge in [-0.05, 0) is 13.0 Å². The van der Waals surface area contributed by atoms with Crippen LogP contribution in [0.4, 0.5) is 11.6 Å². The van der Waals surface area contributed by atoms with Gasteiger partial charge in [0.05, 0.1) is 35.0 Å². The number of anilines is 1. The molecule has 0 spiro atoms. The number of hydrogen-bond donors (Lipinski definition) is 1. The molecular weight excluding hydrogens is 342 g/mol. The first-order valence-electron chi connectivity index (χ1n) is 7.87. The first-order valence-corrected chi connectivity index (χ1v) is 7.87. The summed E-state index contributed by atoms with van der Waals surface area (Å²) in [5.74, 6) is -0.246. The normalized spacial score (nSPS) is 16.0. The third kappa shape index (κ3) is 3.02. The van der Waals surface area contributed by atoms with Gasteiger partial charge in [0.2, 0.25) is 5.95 Å².